The minimum Gasteiger partial charge on any atom is -0.389 e. The zero-order valence-corrected chi connectivity index (χ0v) is 12.8. The molecule has 1 aromatic rings. The summed E-state index contributed by atoms with van der Waals surface area (Å²) in [6, 6.07) is 5.67. The lowest BCUT2D eigenvalue weighted by Crippen LogP contribution is -2.39. The summed E-state index contributed by atoms with van der Waals surface area (Å²) in [4.78, 5) is 13.8. The average Bonchev–Trinajstić information content (AvgIpc) is 2.18. The molecule has 1 rings (SSSR count). The molecule has 0 bridgehead atoms. The number of amides is 1. The first-order valence-electron chi connectivity index (χ1n) is 5.45. The molecular weight excluding hydrogens is 329 g/mol. The summed E-state index contributed by atoms with van der Waals surface area (Å²) in [6.07, 6.45) is 0. The fraction of sp³-hybridized carbons (Fsp3) is 0.462. The van der Waals surface area contributed by atoms with Crippen molar-refractivity contribution in [2.45, 2.75) is 26.4 Å². The second-order valence-corrected chi connectivity index (χ2v) is 6.05. The second-order valence-electron chi connectivity index (χ2n) is 4.89. The Bertz CT molecular complexity index is 424. The van der Waals surface area contributed by atoms with Gasteiger partial charge in [0.15, 0.2) is 0 Å². The minimum atomic E-state index is -0.875. The SMILES string of the molecule is Cc1c(I)cccc1C(=O)N(C)CC(C)(C)O. The summed E-state index contributed by atoms with van der Waals surface area (Å²) < 4.78 is 1.07. The van der Waals surface area contributed by atoms with Gasteiger partial charge in [-0.2, -0.15) is 0 Å². The third kappa shape index (κ3) is 3.96. The van der Waals surface area contributed by atoms with E-state index >= 15 is 0 Å². The molecular formula is C13H18INO2. The van der Waals surface area contributed by atoms with Crippen LogP contribution in [-0.4, -0.2) is 35.1 Å². The molecule has 0 aliphatic rings. The maximum atomic E-state index is 12.2. The smallest absolute Gasteiger partial charge is 0.253 e. The van der Waals surface area contributed by atoms with Gasteiger partial charge < -0.3 is 10.0 Å². The molecule has 0 saturated heterocycles. The summed E-state index contributed by atoms with van der Waals surface area (Å²) in [5.74, 6) is -0.0526. The number of aliphatic hydroxyl groups is 1. The maximum absolute atomic E-state index is 12.2. The Morgan fingerprint density at radius 2 is 2.06 bits per heavy atom. The van der Waals surface area contributed by atoms with Crippen LogP contribution in [0, 0.1) is 10.5 Å². The highest BCUT2D eigenvalue weighted by Crippen LogP contribution is 2.17. The van der Waals surface area contributed by atoms with E-state index in [2.05, 4.69) is 22.6 Å². The Labute approximate surface area is 116 Å². The number of benzene rings is 1. The van der Waals surface area contributed by atoms with Gasteiger partial charge in [0.1, 0.15) is 0 Å². The van der Waals surface area contributed by atoms with Crippen molar-refractivity contribution in [3.05, 3.63) is 32.9 Å². The molecule has 1 amide bonds. The lowest BCUT2D eigenvalue weighted by molar-refractivity contribution is 0.0367. The molecule has 0 heterocycles. The topological polar surface area (TPSA) is 40.5 Å². The molecule has 1 aromatic carbocycles. The quantitative estimate of drug-likeness (QED) is 0.854. The van der Waals surface area contributed by atoms with Gasteiger partial charge in [-0.05, 0) is 61.1 Å². The first-order valence-corrected chi connectivity index (χ1v) is 6.53. The van der Waals surface area contributed by atoms with Crippen LogP contribution in [0.2, 0.25) is 0 Å². The Kier molecular flexibility index (Phi) is 4.55. The third-order valence-electron chi connectivity index (χ3n) is 2.47. The maximum Gasteiger partial charge on any atom is 0.253 e. The van der Waals surface area contributed by atoms with Gasteiger partial charge in [0.2, 0.25) is 0 Å². The highest BCUT2D eigenvalue weighted by atomic mass is 127. The molecule has 0 aliphatic carbocycles. The van der Waals surface area contributed by atoms with Crippen LogP contribution in [0.4, 0.5) is 0 Å². The van der Waals surface area contributed by atoms with Gasteiger partial charge in [-0.15, -0.1) is 0 Å². The fourth-order valence-electron chi connectivity index (χ4n) is 1.70. The van der Waals surface area contributed by atoms with Crippen molar-refractivity contribution >= 4 is 28.5 Å². The number of nitrogens with zero attached hydrogens (tertiary/aromatic N) is 1. The van der Waals surface area contributed by atoms with E-state index in [1.54, 1.807) is 25.8 Å². The van der Waals surface area contributed by atoms with E-state index < -0.39 is 5.60 Å². The molecule has 17 heavy (non-hydrogen) atoms. The number of likely N-dealkylation sites (N-methyl/N-ethyl adjacent to an activating group) is 1. The molecule has 1 N–H and O–H groups in total. The van der Waals surface area contributed by atoms with Gasteiger partial charge in [0.05, 0.1) is 5.60 Å². The molecule has 0 aromatic heterocycles. The number of carbonyl (C=O) groups excluding carboxylic acids is 1. The van der Waals surface area contributed by atoms with Crippen LogP contribution in [0.15, 0.2) is 18.2 Å². The van der Waals surface area contributed by atoms with Gasteiger partial charge in [-0.1, -0.05) is 6.07 Å². The highest BCUT2D eigenvalue weighted by molar-refractivity contribution is 14.1. The van der Waals surface area contributed by atoms with E-state index in [9.17, 15) is 9.90 Å². The monoisotopic (exact) mass is 347 g/mol. The van der Waals surface area contributed by atoms with E-state index in [0.717, 1.165) is 9.13 Å². The van der Waals surface area contributed by atoms with Gasteiger partial charge in [-0.3, -0.25) is 4.79 Å². The Balaban J connectivity index is 2.93. The van der Waals surface area contributed by atoms with Gasteiger partial charge in [-0.25, -0.2) is 0 Å². The average molecular weight is 347 g/mol. The summed E-state index contributed by atoms with van der Waals surface area (Å²) >= 11 is 2.21. The van der Waals surface area contributed by atoms with Crippen LogP contribution in [0.5, 0.6) is 0 Å². The number of hydrogen-bond donors (Lipinski definition) is 1. The summed E-state index contributed by atoms with van der Waals surface area (Å²) in [5, 5.41) is 9.71. The van der Waals surface area contributed by atoms with Gasteiger partial charge in [0.25, 0.3) is 5.91 Å². The Morgan fingerprint density at radius 3 is 2.59 bits per heavy atom. The van der Waals surface area contributed by atoms with Crippen molar-refractivity contribution in [3.8, 4) is 0 Å². The van der Waals surface area contributed by atoms with E-state index in [4.69, 9.17) is 0 Å². The van der Waals surface area contributed by atoms with Crippen molar-refractivity contribution in [3.63, 3.8) is 0 Å². The normalized spacial score (nSPS) is 11.4. The van der Waals surface area contributed by atoms with Crippen LogP contribution >= 0.6 is 22.6 Å². The molecule has 0 radical (unpaired) electrons. The predicted molar refractivity (Wildman–Crippen MR) is 77.2 cm³/mol. The van der Waals surface area contributed by atoms with Crippen molar-refractivity contribution in [1.82, 2.24) is 4.90 Å². The van der Waals surface area contributed by atoms with E-state index in [0.29, 0.717) is 12.1 Å². The van der Waals surface area contributed by atoms with Crippen LogP contribution in [-0.2, 0) is 0 Å². The van der Waals surface area contributed by atoms with E-state index in [1.807, 2.05) is 25.1 Å². The van der Waals surface area contributed by atoms with Crippen LogP contribution in [0.25, 0.3) is 0 Å². The molecule has 0 fully saturated rings. The summed E-state index contributed by atoms with van der Waals surface area (Å²) in [6.45, 7) is 5.64. The van der Waals surface area contributed by atoms with E-state index in [-0.39, 0.29) is 5.91 Å². The van der Waals surface area contributed by atoms with Gasteiger partial charge >= 0.3 is 0 Å². The minimum absolute atomic E-state index is 0.0526. The van der Waals surface area contributed by atoms with E-state index in [1.165, 1.54) is 0 Å². The fourth-order valence-corrected chi connectivity index (χ4v) is 2.20. The number of carbonyl (C=O) groups is 1. The van der Waals surface area contributed by atoms with Crippen LogP contribution in [0.1, 0.15) is 29.8 Å². The molecule has 0 atom stereocenters. The lowest BCUT2D eigenvalue weighted by Gasteiger charge is -2.26. The van der Waals surface area contributed by atoms with Crippen LogP contribution < -0.4 is 0 Å². The predicted octanol–water partition coefficient (Wildman–Crippen LogP) is 2.44. The third-order valence-corrected chi connectivity index (χ3v) is 3.64. The molecule has 0 spiro atoms. The van der Waals surface area contributed by atoms with Crippen molar-refractivity contribution in [2.24, 2.45) is 0 Å². The zero-order valence-electron chi connectivity index (χ0n) is 10.6. The van der Waals surface area contributed by atoms with Crippen molar-refractivity contribution < 1.29 is 9.90 Å². The molecule has 0 saturated carbocycles. The van der Waals surface area contributed by atoms with Crippen LogP contribution in [0.3, 0.4) is 0 Å². The van der Waals surface area contributed by atoms with Crippen molar-refractivity contribution in [1.29, 1.82) is 0 Å². The molecule has 0 unspecified atom stereocenters. The molecule has 0 aliphatic heterocycles. The largest absolute Gasteiger partial charge is 0.389 e. The standard InChI is InChI=1S/C13H18INO2/c1-9-10(6-5-7-11(9)14)12(16)15(4)8-13(2,3)17/h5-7,17H,8H2,1-4H3. The van der Waals surface area contributed by atoms with Gasteiger partial charge in [0, 0.05) is 22.7 Å². The Morgan fingerprint density at radius 1 is 1.47 bits per heavy atom. The number of rotatable bonds is 3. The summed E-state index contributed by atoms with van der Waals surface area (Å²) in [7, 11) is 1.71. The lowest BCUT2D eigenvalue weighted by atomic mass is 10.1. The highest BCUT2D eigenvalue weighted by Gasteiger charge is 2.21. The first kappa shape index (κ1) is 14.4. The first-order chi connectivity index (χ1) is 7.72. The second kappa shape index (κ2) is 5.35. The number of hydrogen-bond acceptors (Lipinski definition) is 2. The molecule has 94 valence electrons. The molecule has 4 heteroatoms. The summed E-state index contributed by atoms with van der Waals surface area (Å²) in [5.41, 5.74) is 0.810. The van der Waals surface area contributed by atoms with Crippen molar-refractivity contribution in [2.75, 3.05) is 13.6 Å². The molecule has 3 nitrogen and oxygen atoms in total. The Hall–Kier alpha value is -0.620. The zero-order chi connectivity index (χ0) is 13.2. The number of halogens is 1.